The quantitative estimate of drug-likeness (QED) is 0.647. The molecular formula is C22H22FN3O4. The number of rotatable bonds is 6. The highest BCUT2D eigenvalue weighted by Gasteiger charge is 2.31. The SMILES string of the molecule is O=C(NC[C@H]1O[C@H](Cc2cc(-c3ccc(F)cc3)on2)CC[C@@H]1O)c1ccncc1. The van der Waals surface area contributed by atoms with E-state index < -0.39 is 12.2 Å². The Morgan fingerprint density at radius 1 is 1.17 bits per heavy atom. The molecule has 3 aromatic rings. The number of pyridine rings is 1. The number of halogens is 1. The third-order valence-corrected chi connectivity index (χ3v) is 5.11. The second-order valence-corrected chi connectivity index (χ2v) is 7.28. The molecular weight excluding hydrogens is 389 g/mol. The Morgan fingerprint density at radius 3 is 2.70 bits per heavy atom. The number of benzene rings is 1. The minimum absolute atomic E-state index is 0.151. The van der Waals surface area contributed by atoms with E-state index in [-0.39, 0.29) is 24.4 Å². The lowest BCUT2D eigenvalue weighted by atomic mass is 9.98. The smallest absolute Gasteiger partial charge is 0.251 e. The maximum atomic E-state index is 13.1. The van der Waals surface area contributed by atoms with Gasteiger partial charge >= 0.3 is 0 Å². The average molecular weight is 411 g/mol. The van der Waals surface area contributed by atoms with Gasteiger partial charge in [-0.2, -0.15) is 0 Å². The van der Waals surface area contributed by atoms with E-state index in [0.29, 0.717) is 30.6 Å². The van der Waals surface area contributed by atoms with E-state index in [2.05, 4.69) is 15.5 Å². The predicted molar refractivity (Wildman–Crippen MR) is 106 cm³/mol. The van der Waals surface area contributed by atoms with Crippen molar-refractivity contribution in [2.45, 2.75) is 37.6 Å². The summed E-state index contributed by atoms with van der Waals surface area (Å²) in [6.07, 6.45) is 3.57. The van der Waals surface area contributed by atoms with Crippen LogP contribution in [-0.4, -0.2) is 46.0 Å². The van der Waals surface area contributed by atoms with Gasteiger partial charge in [-0.15, -0.1) is 0 Å². The van der Waals surface area contributed by atoms with Crippen LogP contribution in [0.15, 0.2) is 59.4 Å². The molecule has 8 heteroatoms. The van der Waals surface area contributed by atoms with Gasteiger partial charge in [-0.3, -0.25) is 9.78 Å². The van der Waals surface area contributed by atoms with Gasteiger partial charge in [-0.1, -0.05) is 5.16 Å². The monoisotopic (exact) mass is 411 g/mol. The summed E-state index contributed by atoms with van der Waals surface area (Å²) in [5, 5.41) is 17.1. The molecule has 0 saturated carbocycles. The van der Waals surface area contributed by atoms with Gasteiger partial charge < -0.3 is 19.7 Å². The number of hydrogen-bond donors (Lipinski definition) is 2. The first-order chi connectivity index (χ1) is 14.6. The Balaban J connectivity index is 1.33. The maximum absolute atomic E-state index is 13.1. The first-order valence-corrected chi connectivity index (χ1v) is 9.82. The van der Waals surface area contributed by atoms with E-state index in [0.717, 1.165) is 11.3 Å². The number of aliphatic hydroxyl groups excluding tert-OH is 1. The first-order valence-electron chi connectivity index (χ1n) is 9.82. The van der Waals surface area contributed by atoms with Crippen molar-refractivity contribution in [1.29, 1.82) is 0 Å². The Morgan fingerprint density at radius 2 is 1.93 bits per heavy atom. The van der Waals surface area contributed by atoms with Gasteiger partial charge in [0.15, 0.2) is 5.76 Å². The minimum atomic E-state index is -0.647. The van der Waals surface area contributed by atoms with Crippen molar-refractivity contribution in [3.63, 3.8) is 0 Å². The molecule has 1 aliphatic rings. The molecule has 1 aromatic carbocycles. The van der Waals surface area contributed by atoms with Crippen LogP contribution in [0.2, 0.25) is 0 Å². The highest BCUT2D eigenvalue weighted by Crippen LogP contribution is 2.25. The van der Waals surface area contributed by atoms with Gasteiger partial charge in [0.05, 0.1) is 17.9 Å². The first kappa shape index (κ1) is 20.2. The summed E-state index contributed by atoms with van der Waals surface area (Å²) in [5.41, 5.74) is 1.96. The zero-order valence-corrected chi connectivity index (χ0v) is 16.2. The van der Waals surface area contributed by atoms with E-state index in [1.807, 2.05) is 6.07 Å². The summed E-state index contributed by atoms with van der Waals surface area (Å²) < 4.78 is 24.5. The molecule has 0 bridgehead atoms. The van der Waals surface area contributed by atoms with Crippen molar-refractivity contribution in [1.82, 2.24) is 15.5 Å². The highest BCUT2D eigenvalue weighted by molar-refractivity contribution is 5.93. The Kier molecular flexibility index (Phi) is 6.15. The second kappa shape index (κ2) is 9.15. The summed E-state index contributed by atoms with van der Waals surface area (Å²) in [4.78, 5) is 16.1. The third kappa shape index (κ3) is 4.90. The number of carbonyl (C=O) groups excluding carboxylic acids is 1. The molecule has 30 heavy (non-hydrogen) atoms. The van der Waals surface area contributed by atoms with Gasteiger partial charge in [0.2, 0.25) is 0 Å². The molecule has 1 aliphatic heterocycles. The number of ether oxygens (including phenoxy) is 1. The fourth-order valence-corrected chi connectivity index (χ4v) is 3.47. The zero-order valence-electron chi connectivity index (χ0n) is 16.2. The lowest BCUT2D eigenvalue weighted by Crippen LogP contribution is -2.46. The number of aliphatic hydroxyl groups is 1. The molecule has 0 unspecified atom stereocenters. The largest absolute Gasteiger partial charge is 0.390 e. The van der Waals surface area contributed by atoms with Gasteiger partial charge in [0.25, 0.3) is 5.91 Å². The standard InChI is InChI=1S/C22H22FN3O4/c23-16-3-1-14(2-4-16)20-12-17(26-30-20)11-18-5-6-19(27)21(29-18)13-25-22(28)15-7-9-24-10-8-15/h1-4,7-10,12,18-19,21,27H,5-6,11,13H2,(H,25,28)/t18-,19-,21+/m0/s1. The van der Waals surface area contributed by atoms with Crippen LogP contribution >= 0.6 is 0 Å². The summed E-state index contributed by atoms with van der Waals surface area (Å²) in [5.74, 6) is 0.00693. The molecule has 156 valence electrons. The minimum Gasteiger partial charge on any atom is -0.390 e. The van der Waals surface area contributed by atoms with Crippen LogP contribution in [0.1, 0.15) is 28.9 Å². The number of amides is 1. The Bertz CT molecular complexity index is 978. The molecule has 0 spiro atoms. The van der Waals surface area contributed by atoms with Gasteiger partial charge in [0.1, 0.15) is 11.9 Å². The topological polar surface area (TPSA) is 97.5 Å². The Labute approximate surface area is 172 Å². The van der Waals surface area contributed by atoms with E-state index in [4.69, 9.17) is 9.26 Å². The molecule has 2 aromatic heterocycles. The van der Waals surface area contributed by atoms with Crippen molar-refractivity contribution < 1.29 is 23.6 Å². The number of carbonyl (C=O) groups is 1. The van der Waals surface area contributed by atoms with Gasteiger partial charge in [-0.05, 0) is 49.2 Å². The molecule has 7 nitrogen and oxygen atoms in total. The molecule has 0 aliphatic carbocycles. The molecule has 2 N–H and O–H groups in total. The van der Waals surface area contributed by atoms with Crippen molar-refractivity contribution >= 4 is 5.91 Å². The van der Waals surface area contributed by atoms with E-state index in [1.54, 1.807) is 36.7 Å². The number of aromatic nitrogens is 2. The van der Waals surface area contributed by atoms with Crippen LogP contribution in [0.5, 0.6) is 0 Å². The lowest BCUT2D eigenvalue weighted by Gasteiger charge is -2.33. The summed E-state index contributed by atoms with van der Waals surface area (Å²) >= 11 is 0. The maximum Gasteiger partial charge on any atom is 0.251 e. The normalized spacial score (nSPS) is 21.3. The van der Waals surface area contributed by atoms with Crippen molar-refractivity contribution in [3.8, 4) is 11.3 Å². The highest BCUT2D eigenvalue weighted by atomic mass is 19.1. The second-order valence-electron chi connectivity index (χ2n) is 7.28. The predicted octanol–water partition coefficient (Wildman–Crippen LogP) is 2.76. The van der Waals surface area contributed by atoms with E-state index in [1.165, 1.54) is 12.1 Å². The van der Waals surface area contributed by atoms with Gasteiger partial charge in [0, 0.05) is 42.6 Å². The molecule has 0 radical (unpaired) electrons. The lowest BCUT2D eigenvalue weighted by molar-refractivity contribution is -0.114. The third-order valence-electron chi connectivity index (χ3n) is 5.11. The summed E-state index contributed by atoms with van der Waals surface area (Å²) in [6.45, 7) is 0.207. The molecule has 3 atom stereocenters. The number of hydrogen-bond acceptors (Lipinski definition) is 6. The van der Waals surface area contributed by atoms with Crippen LogP contribution in [0, 0.1) is 5.82 Å². The van der Waals surface area contributed by atoms with E-state index >= 15 is 0 Å². The van der Waals surface area contributed by atoms with Crippen molar-refractivity contribution in [3.05, 3.63) is 71.9 Å². The van der Waals surface area contributed by atoms with Crippen LogP contribution in [0.3, 0.4) is 0 Å². The number of nitrogens with zero attached hydrogens (tertiary/aromatic N) is 2. The van der Waals surface area contributed by atoms with E-state index in [9.17, 15) is 14.3 Å². The molecule has 4 rings (SSSR count). The van der Waals surface area contributed by atoms with Gasteiger partial charge in [-0.25, -0.2) is 4.39 Å². The average Bonchev–Trinajstić information content (AvgIpc) is 3.23. The number of nitrogens with one attached hydrogen (secondary N) is 1. The van der Waals surface area contributed by atoms with Crippen LogP contribution in [0.25, 0.3) is 11.3 Å². The summed E-state index contributed by atoms with van der Waals surface area (Å²) in [6, 6.07) is 11.1. The summed E-state index contributed by atoms with van der Waals surface area (Å²) in [7, 11) is 0. The fraction of sp³-hybridized carbons (Fsp3) is 0.318. The molecule has 1 amide bonds. The van der Waals surface area contributed by atoms with Crippen molar-refractivity contribution in [2.75, 3.05) is 6.54 Å². The molecule has 1 saturated heterocycles. The fourth-order valence-electron chi connectivity index (χ4n) is 3.47. The van der Waals surface area contributed by atoms with Crippen LogP contribution in [0.4, 0.5) is 4.39 Å². The molecule has 1 fully saturated rings. The molecule has 3 heterocycles. The zero-order chi connectivity index (χ0) is 20.9. The van der Waals surface area contributed by atoms with Crippen molar-refractivity contribution in [2.24, 2.45) is 0 Å². The van der Waals surface area contributed by atoms with Crippen LogP contribution < -0.4 is 5.32 Å². The Hall–Kier alpha value is -3.10. The van der Waals surface area contributed by atoms with Crippen LogP contribution in [-0.2, 0) is 11.2 Å².